The van der Waals surface area contributed by atoms with Gasteiger partial charge in [0.15, 0.2) is 0 Å². The Balaban J connectivity index is 1.74. The van der Waals surface area contributed by atoms with E-state index in [0.29, 0.717) is 17.6 Å². The highest BCUT2D eigenvalue weighted by molar-refractivity contribution is 5.79. The van der Waals surface area contributed by atoms with Crippen LogP contribution in [0.15, 0.2) is 41.2 Å². The summed E-state index contributed by atoms with van der Waals surface area (Å²) >= 11 is 0. The molecule has 0 saturated heterocycles. The molecule has 0 spiro atoms. The van der Waals surface area contributed by atoms with Gasteiger partial charge >= 0.3 is 0 Å². The zero-order chi connectivity index (χ0) is 17.4. The van der Waals surface area contributed by atoms with E-state index in [1.165, 1.54) is 0 Å². The fourth-order valence-electron chi connectivity index (χ4n) is 2.73. The number of rotatable bonds is 4. The predicted octanol–water partition coefficient (Wildman–Crippen LogP) is 3.51. The second-order valence-electron chi connectivity index (χ2n) is 6.48. The second kappa shape index (κ2) is 6.08. The molecule has 0 saturated carbocycles. The number of benzene rings is 1. The molecule has 0 radical (unpaired) electrons. The number of aromatic nitrogens is 6. The molecule has 0 aliphatic rings. The third-order valence-electron chi connectivity index (χ3n) is 4.00. The van der Waals surface area contributed by atoms with E-state index >= 15 is 0 Å². The van der Waals surface area contributed by atoms with E-state index in [4.69, 9.17) is 4.52 Å². The molecular formula is C18H18N6O. The molecule has 4 aromatic rings. The van der Waals surface area contributed by atoms with Gasteiger partial charge in [0.05, 0.1) is 5.52 Å². The van der Waals surface area contributed by atoms with Crippen LogP contribution in [0.3, 0.4) is 0 Å². The van der Waals surface area contributed by atoms with Crippen LogP contribution in [0.1, 0.15) is 19.4 Å². The summed E-state index contributed by atoms with van der Waals surface area (Å²) in [6.45, 7) is 7.11. The molecule has 3 heterocycles. The highest BCUT2D eigenvalue weighted by Gasteiger charge is 2.14. The summed E-state index contributed by atoms with van der Waals surface area (Å²) in [7, 11) is 0. The van der Waals surface area contributed by atoms with Crippen LogP contribution in [0, 0.1) is 12.8 Å². The van der Waals surface area contributed by atoms with Gasteiger partial charge in [0.2, 0.25) is 5.82 Å². The van der Waals surface area contributed by atoms with Gasteiger partial charge in [-0.25, -0.2) is 4.68 Å². The van der Waals surface area contributed by atoms with E-state index in [9.17, 15) is 0 Å². The number of hydrogen-bond acceptors (Lipinski definition) is 6. The molecule has 4 rings (SSSR count). The van der Waals surface area contributed by atoms with E-state index in [0.717, 1.165) is 34.3 Å². The minimum Gasteiger partial charge on any atom is -0.334 e. The van der Waals surface area contributed by atoms with E-state index in [-0.39, 0.29) is 0 Å². The maximum Gasteiger partial charge on any atom is 0.258 e. The smallest absolute Gasteiger partial charge is 0.258 e. The lowest BCUT2D eigenvalue weighted by atomic mass is 10.1. The van der Waals surface area contributed by atoms with Crippen molar-refractivity contribution in [3.05, 3.63) is 42.2 Å². The molecule has 3 aromatic heterocycles. The van der Waals surface area contributed by atoms with Gasteiger partial charge in [-0.3, -0.25) is 4.98 Å². The van der Waals surface area contributed by atoms with Crippen molar-refractivity contribution >= 4 is 11.0 Å². The molecule has 126 valence electrons. The van der Waals surface area contributed by atoms with Gasteiger partial charge in [-0.05, 0) is 42.7 Å². The number of pyridine rings is 1. The van der Waals surface area contributed by atoms with Gasteiger partial charge in [0, 0.05) is 30.1 Å². The summed E-state index contributed by atoms with van der Waals surface area (Å²) < 4.78 is 7.38. The average molecular weight is 334 g/mol. The normalized spacial score (nSPS) is 11.5. The third-order valence-corrected chi connectivity index (χ3v) is 4.00. The van der Waals surface area contributed by atoms with Crippen LogP contribution in [0.4, 0.5) is 0 Å². The van der Waals surface area contributed by atoms with Crippen molar-refractivity contribution in [3.8, 4) is 22.8 Å². The number of aryl methyl sites for hydroxylation is 1. The summed E-state index contributed by atoms with van der Waals surface area (Å²) in [5.74, 6) is 1.49. The monoisotopic (exact) mass is 334 g/mol. The van der Waals surface area contributed by atoms with Crippen molar-refractivity contribution in [3.63, 3.8) is 0 Å². The molecule has 7 heteroatoms. The van der Waals surface area contributed by atoms with E-state index < -0.39 is 0 Å². The van der Waals surface area contributed by atoms with Gasteiger partial charge in [0.25, 0.3) is 5.89 Å². The first-order chi connectivity index (χ1) is 12.1. The molecule has 0 aliphatic carbocycles. The number of nitrogens with zero attached hydrogens (tertiary/aromatic N) is 6. The van der Waals surface area contributed by atoms with Gasteiger partial charge < -0.3 is 4.52 Å². The van der Waals surface area contributed by atoms with Crippen LogP contribution in [0.25, 0.3) is 33.9 Å². The number of fused-ring (bicyclic) bond motifs is 1. The standard InChI is InChI=1S/C18H18N6O/c1-11(2)10-24-16-8-13(4-5-15(16)21-23-24)18-20-17(22-25-18)14-9-19-7-6-12(14)3/h4-9,11H,10H2,1-3H3. The highest BCUT2D eigenvalue weighted by Crippen LogP contribution is 2.26. The molecule has 0 amide bonds. The SMILES string of the molecule is Cc1ccncc1-c1noc(-c2ccc3nnn(CC(C)C)c3c2)n1. The van der Waals surface area contributed by atoms with Crippen LogP contribution < -0.4 is 0 Å². The maximum atomic E-state index is 5.47. The Hall–Kier alpha value is -3.09. The Kier molecular flexibility index (Phi) is 3.76. The second-order valence-corrected chi connectivity index (χ2v) is 6.48. The van der Waals surface area contributed by atoms with Crippen molar-refractivity contribution in [2.45, 2.75) is 27.3 Å². The molecule has 0 unspecified atom stereocenters. The molecule has 0 fully saturated rings. The Morgan fingerprint density at radius 2 is 2.08 bits per heavy atom. The summed E-state index contributed by atoms with van der Waals surface area (Å²) in [5, 5.41) is 12.5. The molecule has 0 aliphatic heterocycles. The first kappa shape index (κ1) is 15.4. The Labute approximate surface area is 144 Å². The lowest BCUT2D eigenvalue weighted by Gasteiger charge is -2.05. The zero-order valence-corrected chi connectivity index (χ0v) is 14.3. The van der Waals surface area contributed by atoms with Crippen LogP contribution in [0.2, 0.25) is 0 Å². The highest BCUT2D eigenvalue weighted by atomic mass is 16.5. The molecule has 0 atom stereocenters. The van der Waals surface area contributed by atoms with Crippen molar-refractivity contribution in [1.29, 1.82) is 0 Å². The first-order valence-corrected chi connectivity index (χ1v) is 8.20. The molecule has 0 N–H and O–H groups in total. The van der Waals surface area contributed by atoms with E-state index in [1.54, 1.807) is 12.4 Å². The van der Waals surface area contributed by atoms with Gasteiger partial charge in [-0.15, -0.1) is 5.10 Å². The van der Waals surface area contributed by atoms with Gasteiger partial charge in [-0.1, -0.05) is 24.2 Å². The van der Waals surface area contributed by atoms with Crippen LogP contribution in [0.5, 0.6) is 0 Å². The lowest BCUT2D eigenvalue weighted by Crippen LogP contribution is -2.05. The Morgan fingerprint density at radius 1 is 1.20 bits per heavy atom. The topological polar surface area (TPSA) is 82.5 Å². The fraction of sp³-hybridized carbons (Fsp3) is 0.278. The molecule has 0 bridgehead atoms. The van der Waals surface area contributed by atoms with Gasteiger partial charge in [0.1, 0.15) is 5.52 Å². The third kappa shape index (κ3) is 2.88. The van der Waals surface area contributed by atoms with E-state index in [2.05, 4.69) is 39.3 Å². The summed E-state index contributed by atoms with van der Waals surface area (Å²) in [5.41, 5.74) is 4.58. The Bertz CT molecular complexity index is 1030. The largest absolute Gasteiger partial charge is 0.334 e. The zero-order valence-electron chi connectivity index (χ0n) is 14.3. The van der Waals surface area contributed by atoms with Crippen LogP contribution in [-0.4, -0.2) is 30.1 Å². The summed E-state index contributed by atoms with van der Waals surface area (Å²) in [6, 6.07) is 7.76. The minimum absolute atomic E-state index is 0.470. The Morgan fingerprint density at radius 3 is 2.88 bits per heavy atom. The number of hydrogen-bond donors (Lipinski definition) is 0. The average Bonchev–Trinajstić information content (AvgIpc) is 3.22. The summed E-state index contributed by atoms with van der Waals surface area (Å²) in [4.78, 5) is 8.66. The van der Waals surface area contributed by atoms with Crippen molar-refractivity contribution < 1.29 is 4.52 Å². The van der Waals surface area contributed by atoms with Gasteiger partial charge in [-0.2, -0.15) is 4.98 Å². The van der Waals surface area contributed by atoms with E-state index in [1.807, 2.05) is 35.9 Å². The fourth-order valence-corrected chi connectivity index (χ4v) is 2.73. The quantitative estimate of drug-likeness (QED) is 0.568. The summed E-state index contributed by atoms with van der Waals surface area (Å²) in [6.07, 6.45) is 3.49. The molecule has 1 aromatic carbocycles. The predicted molar refractivity (Wildman–Crippen MR) is 93.6 cm³/mol. The van der Waals surface area contributed by atoms with Crippen LogP contribution in [-0.2, 0) is 6.54 Å². The molecule has 7 nitrogen and oxygen atoms in total. The van der Waals surface area contributed by atoms with Crippen LogP contribution >= 0.6 is 0 Å². The molecular weight excluding hydrogens is 316 g/mol. The van der Waals surface area contributed by atoms with Crippen molar-refractivity contribution in [1.82, 2.24) is 30.1 Å². The maximum absolute atomic E-state index is 5.47. The first-order valence-electron chi connectivity index (χ1n) is 8.20. The minimum atomic E-state index is 0.470. The lowest BCUT2D eigenvalue weighted by molar-refractivity contribution is 0.432. The molecule has 25 heavy (non-hydrogen) atoms. The van der Waals surface area contributed by atoms with Crippen molar-refractivity contribution in [2.75, 3.05) is 0 Å². The van der Waals surface area contributed by atoms with Crippen molar-refractivity contribution in [2.24, 2.45) is 5.92 Å².